The molecule has 6 nitrogen and oxygen atoms in total. The molecule has 26 heavy (non-hydrogen) atoms. The number of anilines is 2. The van der Waals surface area contributed by atoms with E-state index in [4.69, 9.17) is 0 Å². The summed E-state index contributed by atoms with van der Waals surface area (Å²) in [5, 5.41) is 3.21. The van der Waals surface area contributed by atoms with Gasteiger partial charge in [0.1, 0.15) is 6.54 Å². The number of rotatable bonds is 3. The van der Waals surface area contributed by atoms with Crippen LogP contribution >= 0.6 is 11.8 Å². The molecule has 0 radical (unpaired) electrons. The van der Waals surface area contributed by atoms with Crippen molar-refractivity contribution in [2.75, 3.05) is 16.8 Å². The summed E-state index contributed by atoms with van der Waals surface area (Å²) in [6.07, 6.45) is 0. The fraction of sp³-hybridized carbons (Fsp3) is 0.211. The molecule has 0 saturated carbocycles. The van der Waals surface area contributed by atoms with Crippen molar-refractivity contribution in [2.24, 2.45) is 7.05 Å². The first-order valence-electron chi connectivity index (χ1n) is 8.33. The van der Waals surface area contributed by atoms with Crippen LogP contribution in [0.1, 0.15) is 6.92 Å². The van der Waals surface area contributed by atoms with Gasteiger partial charge < -0.3 is 9.88 Å². The Morgan fingerprint density at radius 3 is 2.73 bits per heavy atom. The van der Waals surface area contributed by atoms with E-state index in [0.717, 1.165) is 21.9 Å². The first-order valence-corrected chi connectivity index (χ1v) is 9.21. The maximum absolute atomic E-state index is 13.0. The fourth-order valence-electron chi connectivity index (χ4n) is 3.09. The number of para-hydroxylation sites is 4. The van der Waals surface area contributed by atoms with E-state index in [1.165, 1.54) is 11.8 Å². The van der Waals surface area contributed by atoms with E-state index >= 15 is 0 Å². The summed E-state index contributed by atoms with van der Waals surface area (Å²) in [5.41, 5.74) is 3.32. The zero-order valence-electron chi connectivity index (χ0n) is 14.5. The summed E-state index contributed by atoms with van der Waals surface area (Å²) in [6, 6.07) is 15.2. The third-order valence-electron chi connectivity index (χ3n) is 4.41. The fourth-order valence-corrected chi connectivity index (χ4v) is 4.04. The van der Waals surface area contributed by atoms with Crippen LogP contribution in [0.25, 0.3) is 11.0 Å². The predicted octanol–water partition coefficient (Wildman–Crippen LogP) is 3.04. The molecule has 7 heteroatoms. The highest BCUT2D eigenvalue weighted by atomic mass is 32.2. The Morgan fingerprint density at radius 1 is 1.19 bits per heavy atom. The Morgan fingerprint density at radius 2 is 1.92 bits per heavy atom. The molecule has 0 spiro atoms. The number of amides is 2. The zero-order chi connectivity index (χ0) is 18.3. The second-order valence-corrected chi connectivity index (χ2v) is 7.50. The monoisotopic (exact) mass is 366 g/mol. The van der Waals surface area contributed by atoms with E-state index in [1.54, 1.807) is 11.0 Å². The van der Waals surface area contributed by atoms with Crippen molar-refractivity contribution in [1.29, 1.82) is 0 Å². The lowest BCUT2D eigenvalue weighted by atomic mass is 10.2. The van der Waals surface area contributed by atoms with Gasteiger partial charge in [0.2, 0.25) is 11.8 Å². The van der Waals surface area contributed by atoms with Gasteiger partial charge in [0, 0.05) is 7.05 Å². The van der Waals surface area contributed by atoms with Crippen LogP contribution in [0.15, 0.2) is 53.7 Å². The van der Waals surface area contributed by atoms with E-state index in [-0.39, 0.29) is 23.6 Å². The molecule has 0 bridgehead atoms. The van der Waals surface area contributed by atoms with E-state index in [1.807, 2.05) is 61.0 Å². The largest absolute Gasteiger partial charge is 0.323 e. The molecular weight excluding hydrogens is 348 g/mol. The maximum atomic E-state index is 13.0. The lowest BCUT2D eigenvalue weighted by Crippen LogP contribution is -2.45. The predicted molar refractivity (Wildman–Crippen MR) is 103 cm³/mol. The Hall–Kier alpha value is -2.80. The molecule has 0 saturated heterocycles. The molecule has 2 amide bonds. The van der Waals surface area contributed by atoms with Crippen LogP contribution in [0.2, 0.25) is 0 Å². The number of carbonyl (C=O) groups is 2. The van der Waals surface area contributed by atoms with E-state index in [0.29, 0.717) is 5.69 Å². The van der Waals surface area contributed by atoms with Gasteiger partial charge in [-0.2, -0.15) is 0 Å². The van der Waals surface area contributed by atoms with Gasteiger partial charge in [-0.05, 0) is 31.2 Å². The normalized spacial score (nSPS) is 14.8. The molecule has 2 aromatic carbocycles. The Balaban J connectivity index is 1.60. The maximum Gasteiger partial charge on any atom is 0.244 e. The molecule has 1 aliphatic rings. The smallest absolute Gasteiger partial charge is 0.244 e. The highest BCUT2D eigenvalue weighted by Gasteiger charge is 2.30. The molecule has 0 aliphatic carbocycles. The first kappa shape index (κ1) is 16.7. The second kappa shape index (κ2) is 6.49. The first-order chi connectivity index (χ1) is 12.5. The average Bonchev–Trinajstić information content (AvgIpc) is 2.96. The van der Waals surface area contributed by atoms with Crippen molar-refractivity contribution in [3.63, 3.8) is 0 Å². The summed E-state index contributed by atoms with van der Waals surface area (Å²) in [4.78, 5) is 31.2. The van der Waals surface area contributed by atoms with Crippen LogP contribution in [-0.2, 0) is 16.6 Å². The van der Waals surface area contributed by atoms with Crippen molar-refractivity contribution >= 4 is 46.0 Å². The molecule has 3 aromatic rings. The highest BCUT2D eigenvalue weighted by Crippen LogP contribution is 2.32. The van der Waals surface area contributed by atoms with Crippen LogP contribution in [0.3, 0.4) is 0 Å². The summed E-state index contributed by atoms with van der Waals surface area (Å²) in [7, 11) is 1.94. The van der Waals surface area contributed by atoms with Gasteiger partial charge in [-0.1, -0.05) is 36.0 Å². The SMILES string of the molecule is C[C@@H](Sc1nc2ccccc2n1C)C(=O)N1CC(=O)Nc2ccccc21. The van der Waals surface area contributed by atoms with Crippen molar-refractivity contribution < 1.29 is 9.59 Å². The summed E-state index contributed by atoms with van der Waals surface area (Å²) in [6.45, 7) is 1.88. The summed E-state index contributed by atoms with van der Waals surface area (Å²) < 4.78 is 1.99. The third-order valence-corrected chi connectivity index (χ3v) is 5.54. The number of aromatic nitrogens is 2. The molecule has 4 rings (SSSR count). The van der Waals surface area contributed by atoms with Crippen molar-refractivity contribution in [3.8, 4) is 0 Å². The topological polar surface area (TPSA) is 67.2 Å². The molecule has 1 N–H and O–H groups in total. The zero-order valence-corrected chi connectivity index (χ0v) is 15.3. The van der Waals surface area contributed by atoms with Crippen molar-refractivity contribution in [2.45, 2.75) is 17.3 Å². The van der Waals surface area contributed by atoms with Gasteiger partial charge in [0.25, 0.3) is 0 Å². The van der Waals surface area contributed by atoms with Gasteiger partial charge in [-0.25, -0.2) is 4.98 Å². The minimum atomic E-state index is -0.371. The van der Waals surface area contributed by atoms with Crippen molar-refractivity contribution in [3.05, 3.63) is 48.5 Å². The molecule has 0 unspecified atom stereocenters. The van der Waals surface area contributed by atoms with Crippen LogP contribution < -0.4 is 10.2 Å². The Labute approximate surface area is 155 Å². The van der Waals surface area contributed by atoms with Crippen LogP contribution in [0.4, 0.5) is 11.4 Å². The van der Waals surface area contributed by atoms with Gasteiger partial charge in [0.05, 0.1) is 27.7 Å². The van der Waals surface area contributed by atoms with Gasteiger partial charge in [0.15, 0.2) is 5.16 Å². The Kier molecular flexibility index (Phi) is 4.16. The number of fused-ring (bicyclic) bond motifs is 2. The molecule has 1 aliphatic heterocycles. The molecule has 132 valence electrons. The molecule has 2 heterocycles. The van der Waals surface area contributed by atoms with Gasteiger partial charge in [-0.15, -0.1) is 0 Å². The molecular formula is C19H18N4O2S. The third kappa shape index (κ3) is 2.84. The van der Waals surface area contributed by atoms with Crippen LogP contribution in [0, 0.1) is 0 Å². The van der Waals surface area contributed by atoms with E-state index < -0.39 is 0 Å². The number of benzene rings is 2. The average molecular weight is 366 g/mol. The number of hydrogen-bond acceptors (Lipinski definition) is 4. The number of nitrogens with one attached hydrogen (secondary N) is 1. The summed E-state index contributed by atoms with van der Waals surface area (Å²) in [5.74, 6) is -0.290. The second-order valence-electron chi connectivity index (χ2n) is 6.19. The van der Waals surface area contributed by atoms with Gasteiger partial charge >= 0.3 is 0 Å². The highest BCUT2D eigenvalue weighted by molar-refractivity contribution is 8.00. The lowest BCUT2D eigenvalue weighted by Gasteiger charge is -2.30. The molecule has 1 aromatic heterocycles. The van der Waals surface area contributed by atoms with Gasteiger partial charge in [-0.3, -0.25) is 14.5 Å². The molecule has 0 fully saturated rings. The van der Waals surface area contributed by atoms with Crippen molar-refractivity contribution in [1.82, 2.24) is 9.55 Å². The number of thioether (sulfide) groups is 1. The van der Waals surface area contributed by atoms with Crippen LogP contribution in [-0.4, -0.2) is 33.2 Å². The number of nitrogens with zero attached hydrogens (tertiary/aromatic N) is 3. The Bertz CT molecular complexity index is 1010. The lowest BCUT2D eigenvalue weighted by molar-refractivity contribution is -0.121. The number of hydrogen-bond donors (Lipinski definition) is 1. The standard InChI is InChI=1S/C19H18N4O2S/c1-12(26-19-21-13-7-3-5-9-15(13)22(19)2)18(25)23-11-17(24)20-14-8-4-6-10-16(14)23/h3-10,12H,11H2,1-2H3,(H,20,24)/t12-/m1/s1. The minimum Gasteiger partial charge on any atom is -0.323 e. The minimum absolute atomic E-state index is 0.0310. The van der Waals surface area contributed by atoms with Crippen LogP contribution in [0.5, 0.6) is 0 Å². The number of imidazole rings is 1. The quantitative estimate of drug-likeness (QED) is 0.724. The summed E-state index contributed by atoms with van der Waals surface area (Å²) >= 11 is 1.40. The van der Waals surface area contributed by atoms with E-state index in [2.05, 4.69) is 10.3 Å². The number of aryl methyl sites for hydroxylation is 1. The number of carbonyl (C=O) groups excluding carboxylic acids is 2. The van der Waals surface area contributed by atoms with E-state index in [9.17, 15) is 9.59 Å². The molecule has 1 atom stereocenters.